The van der Waals surface area contributed by atoms with Crippen LogP contribution in [-0.4, -0.2) is 32.4 Å². The Morgan fingerprint density at radius 1 is 1.36 bits per heavy atom. The van der Waals surface area contributed by atoms with Gasteiger partial charge in [-0.3, -0.25) is 0 Å². The molecule has 3 aliphatic carbocycles. The van der Waals surface area contributed by atoms with E-state index < -0.39 is 18.9 Å². The van der Waals surface area contributed by atoms with E-state index in [0.29, 0.717) is 0 Å². The number of ether oxygens (including phenoxy) is 1. The first-order valence-corrected chi connectivity index (χ1v) is 8.57. The number of carboxylic acid groups (broad SMARTS) is 1. The van der Waals surface area contributed by atoms with Gasteiger partial charge < -0.3 is 9.84 Å². The highest BCUT2D eigenvalue weighted by atomic mass is 35.5. The molecule has 5 rings (SSSR count). The van der Waals surface area contributed by atoms with Crippen molar-refractivity contribution in [1.29, 1.82) is 0 Å². The monoisotopic (exact) mass is 363 g/mol. The molecule has 7 heteroatoms. The summed E-state index contributed by atoms with van der Waals surface area (Å²) < 4.78 is 40.2. The lowest BCUT2D eigenvalue weighted by atomic mass is 10.2. The van der Waals surface area contributed by atoms with Crippen molar-refractivity contribution < 1.29 is 20.1 Å². The zero-order valence-electron chi connectivity index (χ0n) is 17.2. The summed E-state index contributed by atoms with van der Waals surface area (Å²) in [5.74, 6) is -1.37. The van der Waals surface area contributed by atoms with E-state index in [0.717, 1.165) is 25.7 Å². The SMILES string of the molecule is [2H]C([2H])(Oc1ccn(-c2ccc(C(=O)O)c(Cl)n2)n1)C([2H])([2H])C1C2(CC2)C12CC2. The predicted octanol–water partition coefficient (Wildman–Crippen LogP) is 3.58. The number of aromatic carboxylic acids is 1. The average Bonchev–Trinajstić information content (AvgIpc) is 3.58. The van der Waals surface area contributed by atoms with Crippen molar-refractivity contribution in [2.24, 2.45) is 16.7 Å². The minimum atomic E-state index is -2.54. The fourth-order valence-electron chi connectivity index (χ4n) is 4.20. The van der Waals surface area contributed by atoms with Gasteiger partial charge in [-0.25, -0.2) is 14.5 Å². The van der Waals surface area contributed by atoms with E-state index in [1.54, 1.807) is 0 Å². The topological polar surface area (TPSA) is 77.2 Å². The Hall–Kier alpha value is -2.08. The maximum Gasteiger partial charge on any atom is 0.338 e. The summed E-state index contributed by atoms with van der Waals surface area (Å²) in [6.45, 7) is -2.54. The lowest BCUT2D eigenvalue weighted by molar-refractivity contribution is 0.0696. The van der Waals surface area contributed by atoms with E-state index in [2.05, 4.69) is 10.1 Å². The highest BCUT2D eigenvalue weighted by Crippen LogP contribution is 2.93. The Morgan fingerprint density at radius 3 is 2.68 bits per heavy atom. The number of carbonyl (C=O) groups is 1. The maximum absolute atomic E-state index is 11.0. The van der Waals surface area contributed by atoms with E-state index in [1.165, 1.54) is 29.1 Å². The summed E-state index contributed by atoms with van der Waals surface area (Å²) in [6.07, 6.45) is 3.22. The quantitative estimate of drug-likeness (QED) is 0.794. The van der Waals surface area contributed by atoms with Crippen molar-refractivity contribution in [3.63, 3.8) is 0 Å². The fourth-order valence-corrected chi connectivity index (χ4v) is 4.43. The second-order valence-electron chi connectivity index (χ2n) is 7.01. The summed E-state index contributed by atoms with van der Waals surface area (Å²) >= 11 is 5.88. The molecule has 2 aromatic heterocycles. The molecule has 2 spiro atoms. The molecule has 0 unspecified atom stereocenters. The normalized spacial score (nSPS) is 25.0. The molecule has 0 radical (unpaired) electrons. The highest BCUT2D eigenvalue weighted by molar-refractivity contribution is 6.32. The molecule has 0 aliphatic heterocycles. The molecule has 0 bridgehead atoms. The van der Waals surface area contributed by atoms with Crippen molar-refractivity contribution in [2.75, 3.05) is 6.56 Å². The van der Waals surface area contributed by atoms with Crippen LogP contribution < -0.4 is 4.74 Å². The maximum atomic E-state index is 11.0. The van der Waals surface area contributed by atoms with Crippen molar-refractivity contribution in [3.05, 3.63) is 35.1 Å². The van der Waals surface area contributed by atoms with Gasteiger partial charge in [-0.15, -0.1) is 5.10 Å². The van der Waals surface area contributed by atoms with Gasteiger partial charge in [0, 0.05) is 15.0 Å². The van der Waals surface area contributed by atoms with Gasteiger partial charge in [-0.1, -0.05) is 11.6 Å². The van der Waals surface area contributed by atoms with Gasteiger partial charge in [0.2, 0.25) is 5.88 Å². The van der Waals surface area contributed by atoms with Crippen molar-refractivity contribution in [1.82, 2.24) is 14.8 Å². The molecule has 6 nitrogen and oxygen atoms in total. The summed E-state index contributed by atoms with van der Waals surface area (Å²) in [5, 5.41) is 12.9. The summed E-state index contributed by atoms with van der Waals surface area (Å²) in [4.78, 5) is 15.0. The third-order valence-electron chi connectivity index (χ3n) is 5.81. The molecule has 0 saturated heterocycles. The van der Waals surface area contributed by atoms with E-state index in [-0.39, 0.29) is 39.2 Å². The van der Waals surface area contributed by atoms with Gasteiger partial charge >= 0.3 is 5.97 Å². The number of rotatable bonds is 6. The molecule has 1 N–H and O–H groups in total. The van der Waals surface area contributed by atoms with Gasteiger partial charge in [0.1, 0.15) is 5.15 Å². The molecule has 0 aromatic carbocycles. The number of halogens is 1. The van der Waals surface area contributed by atoms with Crippen molar-refractivity contribution >= 4 is 17.6 Å². The van der Waals surface area contributed by atoms with E-state index in [1.807, 2.05) is 0 Å². The van der Waals surface area contributed by atoms with Gasteiger partial charge in [0.25, 0.3) is 0 Å². The second-order valence-corrected chi connectivity index (χ2v) is 7.36. The number of hydrogen-bond acceptors (Lipinski definition) is 4. The summed E-state index contributed by atoms with van der Waals surface area (Å²) in [6, 6.07) is 4.11. The second kappa shape index (κ2) is 4.97. The van der Waals surface area contributed by atoms with E-state index >= 15 is 0 Å². The molecular formula is C18H18ClN3O3. The standard InChI is InChI=1S/C18H18ClN3O3/c19-15-11(16(23)24)1-2-13(20-15)22-9-3-14(21-22)25-10-4-12-17(5-6-17)18(12)7-8-18/h1-3,9,12H,4-8,10H2,(H,23,24)/i4D2,10D2. The van der Waals surface area contributed by atoms with Crippen molar-refractivity contribution in [2.45, 2.75) is 32.1 Å². The van der Waals surface area contributed by atoms with E-state index in [9.17, 15) is 4.79 Å². The third kappa shape index (κ3) is 2.20. The van der Waals surface area contributed by atoms with Crippen LogP contribution in [0.3, 0.4) is 0 Å². The number of nitrogens with zero attached hydrogens (tertiary/aromatic N) is 3. The summed E-state index contributed by atoms with van der Waals surface area (Å²) in [7, 11) is 0. The van der Waals surface area contributed by atoms with Gasteiger partial charge in [0.05, 0.1) is 14.9 Å². The first-order valence-electron chi connectivity index (χ1n) is 10.2. The zero-order valence-corrected chi connectivity index (χ0v) is 14.0. The van der Waals surface area contributed by atoms with Crippen LogP contribution >= 0.6 is 11.6 Å². The molecular weight excluding hydrogens is 342 g/mol. The zero-order chi connectivity index (χ0) is 20.8. The lowest BCUT2D eigenvalue weighted by Gasteiger charge is -2.04. The number of hydrogen-bond donors (Lipinski definition) is 1. The van der Waals surface area contributed by atoms with Crippen LogP contribution in [0.5, 0.6) is 5.88 Å². The minimum absolute atomic E-state index is 0.0148. The molecule has 130 valence electrons. The van der Waals surface area contributed by atoms with Crippen LogP contribution in [-0.2, 0) is 0 Å². The van der Waals surface area contributed by atoms with Crippen LogP contribution in [0.1, 0.15) is 47.9 Å². The third-order valence-corrected chi connectivity index (χ3v) is 6.10. The lowest BCUT2D eigenvalue weighted by Crippen LogP contribution is -2.05. The number of aromatic nitrogens is 3. The Bertz CT molecular complexity index is 1020. The van der Waals surface area contributed by atoms with Gasteiger partial charge in [-0.2, -0.15) is 0 Å². The Labute approximate surface area is 155 Å². The Kier molecular flexibility index (Phi) is 2.29. The van der Waals surface area contributed by atoms with Crippen LogP contribution in [0.25, 0.3) is 5.82 Å². The molecule has 2 aromatic rings. The smallest absolute Gasteiger partial charge is 0.338 e. The largest absolute Gasteiger partial charge is 0.478 e. The molecule has 25 heavy (non-hydrogen) atoms. The Balaban J connectivity index is 1.36. The van der Waals surface area contributed by atoms with Crippen LogP contribution in [0.2, 0.25) is 5.15 Å². The molecule has 3 aliphatic rings. The molecule has 0 atom stereocenters. The molecule has 0 amide bonds. The van der Waals surface area contributed by atoms with Crippen molar-refractivity contribution in [3.8, 4) is 11.7 Å². The molecule has 3 saturated carbocycles. The van der Waals surface area contributed by atoms with E-state index in [4.69, 9.17) is 26.9 Å². The minimum Gasteiger partial charge on any atom is -0.478 e. The first kappa shape index (κ1) is 11.5. The van der Waals surface area contributed by atoms with Gasteiger partial charge in [0.15, 0.2) is 5.82 Å². The molecule has 2 heterocycles. The molecule has 3 fully saturated rings. The van der Waals surface area contributed by atoms with Crippen LogP contribution in [0, 0.1) is 16.7 Å². The fraction of sp³-hybridized carbons (Fsp3) is 0.500. The summed E-state index contributed by atoms with van der Waals surface area (Å²) in [5.41, 5.74) is -0.172. The number of carboxylic acids is 1. The number of fused-ring (bicyclic) bond motifs is 1. The van der Waals surface area contributed by atoms with Crippen LogP contribution in [0.4, 0.5) is 0 Å². The first-order chi connectivity index (χ1) is 13.5. The average molecular weight is 364 g/mol. The highest BCUT2D eigenvalue weighted by Gasteiger charge is 2.85. The van der Waals surface area contributed by atoms with Crippen LogP contribution in [0.15, 0.2) is 24.4 Å². The predicted molar refractivity (Wildman–Crippen MR) is 90.3 cm³/mol. The van der Waals surface area contributed by atoms with Gasteiger partial charge in [-0.05, 0) is 60.9 Å². The number of pyridine rings is 1. The Morgan fingerprint density at radius 2 is 2.08 bits per heavy atom.